The SMILES string of the molecule is CCC(CC)(OC)c1nc(N)c(CC(=O)O)c(=O)[nH]1. The number of carbonyl (C=O) groups is 1. The zero-order valence-electron chi connectivity index (χ0n) is 11.3. The highest BCUT2D eigenvalue weighted by Gasteiger charge is 2.32. The number of nitrogens with zero attached hydrogens (tertiary/aromatic N) is 1. The van der Waals surface area contributed by atoms with E-state index < -0.39 is 23.6 Å². The number of methoxy groups -OCH3 is 1. The van der Waals surface area contributed by atoms with Crippen LogP contribution < -0.4 is 11.3 Å². The van der Waals surface area contributed by atoms with Crippen molar-refractivity contribution >= 4 is 11.8 Å². The van der Waals surface area contributed by atoms with Gasteiger partial charge >= 0.3 is 5.97 Å². The Bertz CT molecular complexity index is 512. The molecule has 0 spiro atoms. The molecule has 7 nitrogen and oxygen atoms in total. The van der Waals surface area contributed by atoms with Crippen LogP contribution in [0.25, 0.3) is 0 Å². The fraction of sp³-hybridized carbons (Fsp3) is 0.583. The molecule has 0 fully saturated rings. The number of carboxylic acid groups (broad SMARTS) is 1. The first-order valence-corrected chi connectivity index (χ1v) is 6.06. The molecule has 1 rings (SSSR count). The summed E-state index contributed by atoms with van der Waals surface area (Å²) in [6, 6.07) is 0. The first-order chi connectivity index (χ1) is 8.90. The molecule has 0 bridgehead atoms. The molecule has 106 valence electrons. The van der Waals surface area contributed by atoms with Gasteiger partial charge in [0.15, 0.2) is 0 Å². The number of nitrogen functional groups attached to an aromatic ring is 1. The van der Waals surface area contributed by atoms with Crippen LogP contribution in [-0.4, -0.2) is 28.2 Å². The molecule has 0 radical (unpaired) electrons. The fourth-order valence-electron chi connectivity index (χ4n) is 2.02. The summed E-state index contributed by atoms with van der Waals surface area (Å²) in [6.07, 6.45) is 0.772. The number of H-pyrrole nitrogens is 1. The Morgan fingerprint density at radius 2 is 2.05 bits per heavy atom. The van der Waals surface area contributed by atoms with Gasteiger partial charge in [0.25, 0.3) is 5.56 Å². The van der Waals surface area contributed by atoms with Crippen LogP contribution in [0.5, 0.6) is 0 Å². The number of anilines is 1. The van der Waals surface area contributed by atoms with Gasteiger partial charge in [0, 0.05) is 7.11 Å². The molecule has 1 aromatic rings. The lowest BCUT2D eigenvalue weighted by Crippen LogP contribution is -2.33. The van der Waals surface area contributed by atoms with Gasteiger partial charge < -0.3 is 20.6 Å². The second-order valence-corrected chi connectivity index (χ2v) is 4.25. The van der Waals surface area contributed by atoms with Gasteiger partial charge in [0.05, 0.1) is 12.0 Å². The van der Waals surface area contributed by atoms with Crippen LogP contribution in [0.3, 0.4) is 0 Å². The summed E-state index contributed by atoms with van der Waals surface area (Å²) < 4.78 is 5.45. The van der Waals surface area contributed by atoms with E-state index in [1.54, 1.807) is 0 Å². The summed E-state index contributed by atoms with van der Waals surface area (Å²) in [5.41, 5.74) is 4.40. The van der Waals surface area contributed by atoms with E-state index in [-0.39, 0.29) is 11.4 Å². The molecule has 0 saturated heterocycles. The van der Waals surface area contributed by atoms with E-state index in [4.69, 9.17) is 15.6 Å². The Kier molecular flexibility index (Phi) is 4.66. The lowest BCUT2D eigenvalue weighted by atomic mass is 9.96. The van der Waals surface area contributed by atoms with Crippen LogP contribution in [0.1, 0.15) is 38.1 Å². The summed E-state index contributed by atoms with van der Waals surface area (Å²) in [7, 11) is 1.54. The number of aromatic amines is 1. The highest BCUT2D eigenvalue weighted by molar-refractivity contribution is 5.71. The number of carboxylic acids is 1. The van der Waals surface area contributed by atoms with Gasteiger partial charge in [-0.1, -0.05) is 13.8 Å². The van der Waals surface area contributed by atoms with Crippen molar-refractivity contribution in [2.45, 2.75) is 38.7 Å². The standard InChI is InChI=1S/C12H19N3O4/c1-4-12(5-2,19-3)11-14-9(13)7(6-8(16)17)10(18)15-11/h4-6H2,1-3H3,(H,16,17)(H3,13,14,15,18). The van der Waals surface area contributed by atoms with Crippen molar-refractivity contribution in [1.82, 2.24) is 9.97 Å². The smallest absolute Gasteiger partial charge is 0.308 e. The monoisotopic (exact) mass is 269 g/mol. The summed E-state index contributed by atoms with van der Waals surface area (Å²) in [4.78, 5) is 29.2. The maximum atomic E-state index is 11.9. The molecule has 0 aliphatic heterocycles. The van der Waals surface area contributed by atoms with Crippen molar-refractivity contribution < 1.29 is 14.6 Å². The van der Waals surface area contributed by atoms with E-state index in [2.05, 4.69) is 9.97 Å². The van der Waals surface area contributed by atoms with E-state index in [9.17, 15) is 9.59 Å². The highest BCUT2D eigenvalue weighted by Crippen LogP contribution is 2.29. The predicted octanol–water partition coefficient (Wildman–Crippen LogP) is 0.641. The Balaban J connectivity index is 3.35. The number of aliphatic carboxylic acids is 1. The maximum Gasteiger partial charge on any atom is 0.308 e. The molecule has 0 aromatic carbocycles. The van der Waals surface area contributed by atoms with Crippen LogP contribution in [0.2, 0.25) is 0 Å². The fourth-order valence-corrected chi connectivity index (χ4v) is 2.02. The first-order valence-electron chi connectivity index (χ1n) is 6.06. The second kappa shape index (κ2) is 5.83. The number of ether oxygens (including phenoxy) is 1. The molecule has 1 aromatic heterocycles. The average Bonchev–Trinajstić information content (AvgIpc) is 2.36. The third kappa shape index (κ3) is 2.93. The first kappa shape index (κ1) is 15.2. The van der Waals surface area contributed by atoms with Gasteiger partial charge in [-0.3, -0.25) is 9.59 Å². The number of aromatic nitrogens is 2. The van der Waals surface area contributed by atoms with E-state index in [1.807, 2.05) is 13.8 Å². The zero-order chi connectivity index (χ0) is 14.6. The Morgan fingerprint density at radius 1 is 1.47 bits per heavy atom. The van der Waals surface area contributed by atoms with Gasteiger partial charge in [0.1, 0.15) is 17.2 Å². The average molecular weight is 269 g/mol. The Labute approximate surface area is 110 Å². The number of hydrogen-bond donors (Lipinski definition) is 3. The van der Waals surface area contributed by atoms with Gasteiger partial charge in [-0.05, 0) is 12.8 Å². The summed E-state index contributed by atoms with van der Waals surface area (Å²) >= 11 is 0. The molecule has 0 aliphatic rings. The molecule has 0 atom stereocenters. The van der Waals surface area contributed by atoms with E-state index in [0.717, 1.165) is 0 Å². The van der Waals surface area contributed by atoms with Gasteiger partial charge in [-0.15, -0.1) is 0 Å². The lowest BCUT2D eigenvalue weighted by Gasteiger charge is -2.29. The molecule has 0 aliphatic carbocycles. The largest absolute Gasteiger partial charge is 0.481 e. The van der Waals surface area contributed by atoms with Crippen LogP contribution in [0, 0.1) is 0 Å². The second-order valence-electron chi connectivity index (χ2n) is 4.25. The minimum atomic E-state index is -1.13. The third-order valence-corrected chi connectivity index (χ3v) is 3.34. The molecule has 0 saturated carbocycles. The number of hydrogen-bond acceptors (Lipinski definition) is 5. The van der Waals surface area contributed by atoms with Crippen molar-refractivity contribution in [3.8, 4) is 0 Å². The zero-order valence-corrected chi connectivity index (χ0v) is 11.3. The van der Waals surface area contributed by atoms with Crippen LogP contribution >= 0.6 is 0 Å². The number of nitrogens with one attached hydrogen (secondary N) is 1. The minimum absolute atomic E-state index is 0.0338. The molecule has 4 N–H and O–H groups in total. The molecule has 0 unspecified atom stereocenters. The lowest BCUT2D eigenvalue weighted by molar-refractivity contribution is -0.136. The summed E-state index contributed by atoms with van der Waals surface area (Å²) in [5, 5.41) is 8.72. The summed E-state index contributed by atoms with van der Waals surface area (Å²) in [5.74, 6) is -0.864. The predicted molar refractivity (Wildman–Crippen MR) is 69.9 cm³/mol. The topological polar surface area (TPSA) is 118 Å². The molecule has 0 amide bonds. The van der Waals surface area contributed by atoms with E-state index in [0.29, 0.717) is 18.7 Å². The van der Waals surface area contributed by atoms with Crippen molar-refractivity contribution in [3.63, 3.8) is 0 Å². The Morgan fingerprint density at radius 3 is 2.42 bits per heavy atom. The van der Waals surface area contributed by atoms with Crippen LogP contribution in [-0.2, 0) is 21.6 Å². The third-order valence-electron chi connectivity index (χ3n) is 3.34. The van der Waals surface area contributed by atoms with E-state index >= 15 is 0 Å². The van der Waals surface area contributed by atoms with Gasteiger partial charge in [-0.2, -0.15) is 0 Å². The number of rotatable bonds is 6. The van der Waals surface area contributed by atoms with Crippen molar-refractivity contribution in [2.24, 2.45) is 0 Å². The molecular formula is C12H19N3O4. The van der Waals surface area contributed by atoms with Crippen molar-refractivity contribution in [1.29, 1.82) is 0 Å². The van der Waals surface area contributed by atoms with Crippen LogP contribution in [0.15, 0.2) is 4.79 Å². The van der Waals surface area contributed by atoms with Crippen molar-refractivity contribution in [3.05, 3.63) is 21.7 Å². The molecule has 19 heavy (non-hydrogen) atoms. The molecule has 7 heteroatoms. The van der Waals surface area contributed by atoms with Crippen molar-refractivity contribution in [2.75, 3.05) is 12.8 Å². The minimum Gasteiger partial charge on any atom is -0.481 e. The quantitative estimate of drug-likeness (QED) is 0.697. The van der Waals surface area contributed by atoms with Gasteiger partial charge in [0.2, 0.25) is 0 Å². The highest BCUT2D eigenvalue weighted by atomic mass is 16.5. The maximum absolute atomic E-state index is 11.9. The van der Waals surface area contributed by atoms with Gasteiger partial charge in [-0.25, -0.2) is 4.98 Å². The normalized spacial score (nSPS) is 11.5. The molecule has 1 heterocycles. The van der Waals surface area contributed by atoms with Crippen LogP contribution in [0.4, 0.5) is 5.82 Å². The Hall–Kier alpha value is -1.89. The number of nitrogens with two attached hydrogens (primary N) is 1. The summed E-state index contributed by atoms with van der Waals surface area (Å²) in [6.45, 7) is 3.82. The molecular weight excluding hydrogens is 250 g/mol. The van der Waals surface area contributed by atoms with E-state index in [1.165, 1.54) is 7.11 Å².